The molecular weight excluding hydrogens is 202 g/mol. The predicted octanol–water partition coefficient (Wildman–Crippen LogP) is 2.04. The van der Waals surface area contributed by atoms with Crippen LogP contribution in [0.2, 0.25) is 0 Å². The summed E-state index contributed by atoms with van der Waals surface area (Å²) in [7, 11) is 0. The molecule has 16 heavy (non-hydrogen) atoms. The van der Waals surface area contributed by atoms with E-state index in [1.807, 2.05) is 0 Å². The Morgan fingerprint density at radius 1 is 1.38 bits per heavy atom. The fourth-order valence-corrected chi connectivity index (χ4v) is 2.06. The first kappa shape index (κ1) is 11.6. The van der Waals surface area contributed by atoms with Crippen molar-refractivity contribution in [2.45, 2.75) is 51.4 Å². The van der Waals surface area contributed by atoms with Crippen molar-refractivity contribution in [2.24, 2.45) is 11.7 Å². The second-order valence-electron chi connectivity index (χ2n) is 4.85. The molecule has 4 nitrogen and oxygen atoms in total. The van der Waals surface area contributed by atoms with E-state index in [0.717, 1.165) is 36.9 Å². The van der Waals surface area contributed by atoms with E-state index in [2.05, 4.69) is 24.0 Å². The Balaban J connectivity index is 2.14. The van der Waals surface area contributed by atoms with Crippen LogP contribution in [-0.2, 0) is 11.8 Å². The molecule has 0 radical (unpaired) electrons. The summed E-state index contributed by atoms with van der Waals surface area (Å²) in [5, 5.41) is 4.06. The molecule has 0 saturated heterocycles. The Morgan fingerprint density at radius 2 is 2.06 bits per heavy atom. The first-order valence-corrected chi connectivity index (χ1v) is 6.27. The van der Waals surface area contributed by atoms with Crippen molar-refractivity contribution < 1.29 is 4.52 Å². The zero-order valence-electron chi connectivity index (χ0n) is 10.2. The van der Waals surface area contributed by atoms with Gasteiger partial charge in [-0.2, -0.15) is 4.98 Å². The van der Waals surface area contributed by atoms with Gasteiger partial charge in [-0.15, -0.1) is 0 Å². The highest BCUT2D eigenvalue weighted by atomic mass is 16.5. The molecule has 2 N–H and O–H groups in total. The minimum atomic E-state index is -0.116. The van der Waals surface area contributed by atoms with Crippen molar-refractivity contribution in [1.29, 1.82) is 0 Å². The molecule has 0 bridgehead atoms. The van der Waals surface area contributed by atoms with Gasteiger partial charge in [0.05, 0.1) is 5.41 Å². The molecule has 2 rings (SSSR count). The summed E-state index contributed by atoms with van der Waals surface area (Å²) in [6, 6.07) is 0. The molecule has 1 saturated carbocycles. The Labute approximate surface area is 96.6 Å². The highest BCUT2D eigenvalue weighted by Crippen LogP contribution is 2.33. The molecule has 1 fully saturated rings. The summed E-state index contributed by atoms with van der Waals surface area (Å²) < 4.78 is 5.39. The summed E-state index contributed by atoms with van der Waals surface area (Å²) in [4.78, 5) is 4.52. The van der Waals surface area contributed by atoms with Crippen molar-refractivity contribution in [3.63, 3.8) is 0 Å². The highest BCUT2D eigenvalue weighted by Gasteiger charge is 2.34. The van der Waals surface area contributed by atoms with E-state index in [4.69, 9.17) is 10.3 Å². The van der Waals surface area contributed by atoms with Gasteiger partial charge in [-0.3, -0.25) is 0 Å². The molecule has 0 atom stereocenters. The number of nitrogens with zero attached hydrogens (tertiary/aromatic N) is 2. The van der Waals surface area contributed by atoms with Gasteiger partial charge >= 0.3 is 0 Å². The molecular formula is C12H21N3O. The van der Waals surface area contributed by atoms with Crippen LogP contribution >= 0.6 is 0 Å². The zero-order valence-corrected chi connectivity index (χ0v) is 10.2. The fraction of sp³-hybridized carbons (Fsp3) is 0.833. The lowest BCUT2D eigenvalue weighted by Gasteiger charge is -2.24. The lowest BCUT2D eigenvalue weighted by atomic mass is 9.82. The maximum Gasteiger partial charge on any atom is 0.234 e. The van der Waals surface area contributed by atoms with E-state index >= 15 is 0 Å². The summed E-state index contributed by atoms with van der Waals surface area (Å²) in [6.07, 6.45) is 5.49. The van der Waals surface area contributed by atoms with Crippen molar-refractivity contribution in [3.05, 3.63) is 11.7 Å². The second kappa shape index (κ2) is 4.53. The third-order valence-corrected chi connectivity index (χ3v) is 3.83. The summed E-state index contributed by atoms with van der Waals surface area (Å²) >= 11 is 0. The first-order valence-electron chi connectivity index (χ1n) is 6.27. The predicted molar refractivity (Wildman–Crippen MR) is 62.0 cm³/mol. The molecule has 1 heterocycles. The van der Waals surface area contributed by atoms with Crippen LogP contribution in [0.4, 0.5) is 0 Å². The van der Waals surface area contributed by atoms with Gasteiger partial charge in [0.2, 0.25) is 5.89 Å². The quantitative estimate of drug-likeness (QED) is 0.801. The molecule has 1 aliphatic carbocycles. The lowest BCUT2D eigenvalue weighted by molar-refractivity contribution is 0.266. The average molecular weight is 223 g/mol. The third kappa shape index (κ3) is 2.12. The molecule has 1 aromatic rings. The fourth-order valence-electron chi connectivity index (χ4n) is 2.06. The Bertz CT molecular complexity index is 332. The summed E-state index contributed by atoms with van der Waals surface area (Å²) in [6.45, 7) is 4.83. The molecule has 90 valence electrons. The van der Waals surface area contributed by atoms with Crippen LogP contribution in [0.25, 0.3) is 0 Å². The molecule has 1 aliphatic rings. The zero-order chi connectivity index (χ0) is 11.6. The summed E-state index contributed by atoms with van der Waals surface area (Å²) in [5.74, 6) is 2.38. The number of hydrogen-bond donors (Lipinski definition) is 1. The largest absolute Gasteiger partial charge is 0.339 e. The van der Waals surface area contributed by atoms with Gasteiger partial charge in [0.25, 0.3) is 0 Å². The second-order valence-corrected chi connectivity index (χ2v) is 4.85. The molecule has 4 heteroatoms. The van der Waals surface area contributed by atoms with E-state index in [-0.39, 0.29) is 5.41 Å². The molecule has 0 unspecified atom stereocenters. The van der Waals surface area contributed by atoms with Gasteiger partial charge in [0, 0.05) is 13.0 Å². The van der Waals surface area contributed by atoms with Crippen LogP contribution in [0.3, 0.4) is 0 Å². The smallest absolute Gasteiger partial charge is 0.234 e. The average Bonchev–Trinajstić information content (AvgIpc) is 3.00. The van der Waals surface area contributed by atoms with Crippen molar-refractivity contribution >= 4 is 0 Å². The Hall–Kier alpha value is -0.900. The molecule has 0 amide bonds. The van der Waals surface area contributed by atoms with Gasteiger partial charge in [-0.05, 0) is 31.6 Å². The third-order valence-electron chi connectivity index (χ3n) is 3.83. The lowest BCUT2D eigenvalue weighted by Crippen LogP contribution is -2.34. The molecule has 0 spiro atoms. The molecule has 0 aliphatic heterocycles. The van der Waals surface area contributed by atoms with Gasteiger partial charge in [-0.1, -0.05) is 19.0 Å². The van der Waals surface area contributed by atoms with Crippen LogP contribution in [0.15, 0.2) is 4.52 Å². The van der Waals surface area contributed by atoms with Crippen molar-refractivity contribution in [1.82, 2.24) is 10.1 Å². The minimum Gasteiger partial charge on any atom is -0.339 e. The van der Waals surface area contributed by atoms with Gasteiger partial charge in [0.15, 0.2) is 5.82 Å². The van der Waals surface area contributed by atoms with Gasteiger partial charge in [0.1, 0.15) is 0 Å². The Kier molecular flexibility index (Phi) is 3.28. The van der Waals surface area contributed by atoms with E-state index in [9.17, 15) is 0 Å². The van der Waals surface area contributed by atoms with Crippen LogP contribution in [-0.4, -0.2) is 16.7 Å². The number of rotatable bonds is 6. The number of hydrogen-bond acceptors (Lipinski definition) is 4. The normalized spacial score (nSPS) is 16.7. The van der Waals surface area contributed by atoms with Gasteiger partial charge < -0.3 is 10.3 Å². The van der Waals surface area contributed by atoms with Crippen LogP contribution in [0.5, 0.6) is 0 Å². The van der Waals surface area contributed by atoms with E-state index in [1.165, 1.54) is 12.8 Å². The van der Waals surface area contributed by atoms with Crippen LogP contribution < -0.4 is 5.73 Å². The number of nitrogens with two attached hydrogens (primary N) is 1. The van der Waals surface area contributed by atoms with Crippen LogP contribution in [0.1, 0.15) is 51.2 Å². The van der Waals surface area contributed by atoms with E-state index in [1.54, 1.807) is 0 Å². The maximum atomic E-state index is 5.86. The summed E-state index contributed by atoms with van der Waals surface area (Å²) in [5.41, 5.74) is 5.74. The molecule has 1 aromatic heterocycles. The minimum absolute atomic E-state index is 0.116. The van der Waals surface area contributed by atoms with Gasteiger partial charge in [-0.25, -0.2) is 0 Å². The van der Waals surface area contributed by atoms with Crippen molar-refractivity contribution in [2.75, 3.05) is 6.54 Å². The highest BCUT2D eigenvalue weighted by molar-refractivity contribution is 5.06. The standard InChI is InChI=1S/C12H21N3O/c1-3-12(4-2,8-13)11-14-10(15-16-11)7-9-5-6-9/h9H,3-8,13H2,1-2H3. The number of aromatic nitrogens is 2. The SMILES string of the molecule is CCC(CC)(CN)c1nc(CC2CC2)no1. The van der Waals surface area contributed by atoms with Crippen LogP contribution in [0, 0.1) is 5.92 Å². The maximum absolute atomic E-state index is 5.86. The van der Waals surface area contributed by atoms with E-state index in [0.29, 0.717) is 6.54 Å². The molecule has 0 aromatic carbocycles. The monoisotopic (exact) mass is 223 g/mol. The first-order chi connectivity index (χ1) is 7.74. The van der Waals surface area contributed by atoms with Crippen molar-refractivity contribution in [3.8, 4) is 0 Å². The Morgan fingerprint density at radius 3 is 2.56 bits per heavy atom. The topological polar surface area (TPSA) is 64.9 Å². The van der Waals surface area contributed by atoms with E-state index < -0.39 is 0 Å².